The summed E-state index contributed by atoms with van der Waals surface area (Å²) >= 11 is 12.3. The molecular weight excluding hydrogens is 251 g/mol. The average molecular weight is 269 g/mol. The molecule has 92 valence electrons. The van der Waals surface area contributed by atoms with Crippen molar-refractivity contribution < 1.29 is 0 Å². The Morgan fingerprint density at radius 1 is 1.24 bits per heavy atom. The van der Waals surface area contributed by atoms with Gasteiger partial charge in [-0.1, -0.05) is 62.2 Å². The summed E-state index contributed by atoms with van der Waals surface area (Å²) in [6.45, 7) is 10.9. The van der Waals surface area contributed by atoms with Crippen molar-refractivity contribution in [3.8, 4) is 0 Å². The Morgan fingerprint density at radius 3 is 2.24 bits per heavy atom. The van der Waals surface area contributed by atoms with Gasteiger partial charge in [0.25, 0.3) is 0 Å². The largest absolute Gasteiger partial charge is 0.0984 e. The topological polar surface area (TPSA) is 0 Å². The molecule has 0 aliphatic heterocycles. The number of hydrogen-bond acceptors (Lipinski definition) is 0. The minimum Gasteiger partial charge on any atom is -0.0984 e. The zero-order valence-corrected chi connectivity index (χ0v) is 12.1. The second-order valence-corrected chi connectivity index (χ2v) is 6.78. The van der Waals surface area contributed by atoms with E-state index >= 15 is 0 Å². The molecule has 1 fully saturated rings. The fraction of sp³-hybridized carbons (Fsp3) is 0.467. The van der Waals surface area contributed by atoms with Crippen LogP contribution in [0.25, 0.3) is 0 Å². The fourth-order valence-corrected chi connectivity index (χ4v) is 3.04. The van der Waals surface area contributed by atoms with Crippen molar-refractivity contribution >= 4 is 23.2 Å². The minimum atomic E-state index is 0.0833. The Hall–Kier alpha value is -0.460. The van der Waals surface area contributed by atoms with Crippen LogP contribution in [0.15, 0.2) is 30.4 Å². The lowest BCUT2D eigenvalue weighted by Crippen LogP contribution is -2.21. The second kappa shape index (κ2) is 4.03. The monoisotopic (exact) mass is 268 g/mol. The summed E-state index contributed by atoms with van der Waals surface area (Å²) in [5.74, 6) is 0. The summed E-state index contributed by atoms with van der Waals surface area (Å²) in [5, 5.41) is 1.45. The van der Waals surface area contributed by atoms with Crippen LogP contribution in [0, 0.1) is 5.41 Å². The van der Waals surface area contributed by atoms with Crippen LogP contribution in [0.4, 0.5) is 0 Å². The van der Waals surface area contributed by atoms with E-state index in [0.29, 0.717) is 5.02 Å². The van der Waals surface area contributed by atoms with Gasteiger partial charge in [-0.2, -0.15) is 0 Å². The smallest absolute Gasteiger partial charge is 0.0461 e. The highest BCUT2D eigenvalue weighted by Gasteiger charge is 2.50. The van der Waals surface area contributed by atoms with Crippen molar-refractivity contribution in [2.24, 2.45) is 5.41 Å². The third-order valence-electron chi connectivity index (χ3n) is 3.68. The van der Waals surface area contributed by atoms with Gasteiger partial charge in [0.2, 0.25) is 0 Å². The summed E-state index contributed by atoms with van der Waals surface area (Å²) < 4.78 is 0. The molecule has 0 saturated heterocycles. The molecule has 0 nitrogen and oxygen atoms in total. The third kappa shape index (κ3) is 2.26. The molecule has 1 aromatic rings. The van der Waals surface area contributed by atoms with Crippen LogP contribution >= 0.6 is 23.2 Å². The average Bonchev–Trinajstić information content (AvgIpc) is 2.96. The van der Waals surface area contributed by atoms with E-state index in [1.165, 1.54) is 11.1 Å². The van der Waals surface area contributed by atoms with Gasteiger partial charge in [-0.3, -0.25) is 0 Å². The maximum atomic E-state index is 6.32. The Bertz CT molecular complexity index is 462. The van der Waals surface area contributed by atoms with Crippen molar-refractivity contribution in [1.82, 2.24) is 0 Å². The molecule has 1 aromatic carbocycles. The van der Waals surface area contributed by atoms with Crippen LogP contribution < -0.4 is 0 Å². The third-order valence-corrected chi connectivity index (χ3v) is 4.23. The molecule has 2 rings (SSSR count). The molecule has 2 heteroatoms. The molecule has 17 heavy (non-hydrogen) atoms. The summed E-state index contributed by atoms with van der Waals surface area (Å²) in [4.78, 5) is 0. The zero-order valence-electron chi connectivity index (χ0n) is 10.6. The Labute approximate surface area is 114 Å². The first-order valence-electron chi connectivity index (χ1n) is 5.93. The quantitative estimate of drug-likeness (QED) is 0.610. The first-order chi connectivity index (χ1) is 7.77. The maximum Gasteiger partial charge on any atom is 0.0461 e. The van der Waals surface area contributed by atoms with Crippen LogP contribution in [-0.4, -0.2) is 0 Å². The van der Waals surface area contributed by atoms with Gasteiger partial charge < -0.3 is 0 Å². The number of halogens is 2. The molecule has 0 spiro atoms. The van der Waals surface area contributed by atoms with E-state index in [9.17, 15) is 0 Å². The van der Waals surface area contributed by atoms with E-state index in [-0.39, 0.29) is 10.8 Å². The van der Waals surface area contributed by atoms with Crippen LogP contribution in [0.1, 0.15) is 39.2 Å². The summed E-state index contributed by atoms with van der Waals surface area (Å²) in [6.07, 6.45) is 2.29. The van der Waals surface area contributed by atoms with Crippen LogP contribution in [-0.2, 0) is 5.41 Å². The summed E-state index contributed by atoms with van der Waals surface area (Å²) in [6, 6.07) is 5.79. The lowest BCUT2D eigenvalue weighted by atomic mass is 9.74. The second-order valence-electron chi connectivity index (χ2n) is 5.93. The zero-order chi connectivity index (χ0) is 12.8. The Kier molecular flexibility index (Phi) is 3.08. The van der Waals surface area contributed by atoms with Crippen LogP contribution in [0.5, 0.6) is 0 Å². The molecule has 0 heterocycles. The molecule has 1 aliphatic carbocycles. The molecule has 0 radical (unpaired) electrons. The van der Waals surface area contributed by atoms with Gasteiger partial charge in [-0.25, -0.2) is 0 Å². The van der Waals surface area contributed by atoms with E-state index in [2.05, 4.69) is 33.4 Å². The van der Waals surface area contributed by atoms with E-state index in [1.54, 1.807) is 0 Å². The number of allylic oxidation sites excluding steroid dienone is 1. The van der Waals surface area contributed by atoms with Crippen molar-refractivity contribution in [1.29, 1.82) is 0 Å². The molecule has 0 atom stereocenters. The molecule has 1 saturated carbocycles. The number of benzene rings is 1. The lowest BCUT2D eigenvalue weighted by molar-refractivity contribution is 0.458. The van der Waals surface area contributed by atoms with Gasteiger partial charge in [-0.05, 0) is 36.0 Å². The van der Waals surface area contributed by atoms with Gasteiger partial charge in [0, 0.05) is 15.5 Å². The van der Waals surface area contributed by atoms with Gasteiger partial charge in [0.15, 0.2) is 0 Å². The molecule has 0 amide bonds. The predicted octanol–water partition coefficient (Wildman–Crippen LogP) is 5.63. The highest BCUT2D eigenvalue weighted by atomic mass is 35.5. The number of rotatable bonds is 2. The minimum absolute atomic E-state index is 0.0833. The molecule has 0 aromatic heterocycles. The van der Waals surface area contributed by atoms with Gasteiger partial charge in [-0.15, -0.1) is 0 Å². The van der Waals surface area contributed by atoms with Crippen LogP contribution in [0.2, 0.25) is 10.0 Å². The predicted molar refractivity (Wildman–Crippen MR) is 76.0 cm³/mol. The standard InChI is InChI=1S/C15H18Cl2/c1-10(14(2,3)4)15(7-8-15)12-6-5-11(16)9-13(12)17/h5-6,9H,1,7-8H2,2-4H3. The fourth-order valence-electron chi connectivity index (χ4n) is 2.45. The van der Waals surface area contributed by atoms with E-state index < -0.39 is 0 Å². The summed E-state index contributed by atoms with van der Waals surface area (Å²) in [5.41, 5.74) is 2.65. The van der Waals surface area contributed by atoms with Gasteiger partial charge in [0.1, 0.15) is 0 Å². The SMILES string of the molecule is C=C(C(C)(C)C)C1(c2ccc(Cl)cc2Cl)CC1. The van der Waals surface area contributed by atoms with E-state index in [0.717, 1.165) is 17.9 Å². The first-order valence-corrected chi connectivity index (χ1v) is 6.68. The molecule has 1 aliphatic rings. The highest BCUT2D eigenvalue weighted by Crippen LogP contribution is 2.59. The van der Waals surface area contributed by atoms with Gasteiger partial charge >= 0.3 is 0 Å². The summed E-state index contributed by atoms with van der Waals surface area (Å²) in [7, 11) is 0. The molecule has 0 N–H and O–H groups in total. The van der Waals surface area contributed by atoms with Crippen molar-refractivity contribution in [2.75, 3.05) is 0 Å². The lowest BCUT2D eigenvalue weighted by Gasteiger charge is -2.30. The normalized spacial score (nSPS) is 17.9. The van der Waals surface area contributed by atoms with Crippen molar-refractivity contribution in [3.63, 3.8) is 0 Å². The molecular formula is C15H18Cl2. The van der Waals surface area contributed by atoms with Gasteiger partial charge in [0.05, 0.1) is 0 Å². The number of hydrogen-bond donors (Lipinski definition) is 0. The van der Waals surface area contributed by atoms with Crippen LogP contribution in [0.3, 0.4) is 0 Å². The Morgan fingerprint density at radius 2 is 1.82 bits per heavy atom. The van der Waals surface area contributed by atoms with Crippen molar-refractivity contribution in [2.45, 2.75) is 39.0 Å². The maximum absolute atomic E-state index is 6.32. The molecule has 0 bridgehead atoms. The Balaban J connectivity index is 2.43. The van der Waals surface area contributed by atoms with E-state index in [1.807, 2.05) is 12.1 Å². The molecule has 0 unspecified atom stereocenters. The first kappa shape index (κ1) is 13.0. The van der Waals surface area contributed by atoms with Crippen molar-refractivity contribution in [3.05, 3.63) is 46.0 Å². The highest BCUT2D eigenvalue weighted by molar-refractivity contribution is 6.35. The van der Waals surface area contributed by atoms with E-state index in [4.69, 9.17) is 23.2 Å².